The van der Waals surface area contributed by atoms with Gasteiger partial charge in [-0.05, 0) is 24.6 Å². The first-order valence-corrected chi connectivity index (χ1v) is 6.49. The van der Waals surface area contributed by atoms with Gasteiger partial charge in [0.05, 0.1) is 11.5 Å². The van der Waals surface area contributed by atoms with Crippen molar-refractivity contribution >= 4 is 0 Å². The van der Waals surface area contributed by atoms with Gasteiger partial charge in [0.2, 0.25) is 5.88 Å². The summed E-state index contributed by atoms with van der Waals surface area (Å²) in [6.07, 6.45) is 0. The lowest BCUT2D eigenvalue weighted by atomic mass is 9.84. The molecule has 3 rings (SSSR count). The fraction of sp³-hybridized carbons (Fsp3) is 0.125. The van der Waals surface area contributed by atoms with Gasteiger partial charge in [-0.25, -0.2) is 9.18 Å². The first-order valence-electron chi connectivity index (χ1n) is 6.49. The molecule has 6 heteroatoms. The number of rotatable bonds is 1. The van der Waals surface area contributed by atoms with Crippen LogP contribution in [0, 0.1) is 24.1 Å². The molecule has 1 aliphatic rings. The highest BCUT2D eigenvalue weighted by Gasteiger charge is 2.34. The second-order valence-corrected chi connectivity index (χ2v) is 4.90. The summed E-state index contributed by atoms with van der Waals surface area (Å²) < 4.78 is 23.6. The molecule has 0 fully saturated rings. The molecule has 0 unspecified atom stereocenters. The van der Waals surface area contributed by atoms with Gasteiger partial charge < -0.3 is 14.9 Å². The Morgan fingerprint density at radius 2 is 2.00 bits per heavy atom. The number of fused-ring (bicyclic) bond motifs is 1. The Hall–Kier alpha value is -3.07. The molecular weight excluding hydrogens is 287 g/mol. The minimum atomic E-state index is -0.744. The summed E-state index contributed by atoms with van der Waals surface area (Å²) in [4.78, 5) is 12.2. The summed E-state index contributed by atoms with van der Waals surface area (Å²) in [5.41, 5.74) is 6.02. The highest BCUT2D eigenvalue weighted by atomic mass is 19.1. The van der Waals surface area contributed by atoms with Gasteiger partial charge in [0.15, 0.2) is 0 Å². The molecule has 0 radical (unpaired) electrons. The molecule has 0 saturated heterocycles. The van der Waals surface area contributed by atoms with Crippen LogP contribution in [0.4, 0.5) is 4.39 Å². The number of nitrogens with zero attached hydrogens (tertiary/aromatic N) is 1. The van der Waals surface area contributed by atoms with E-state index >= 15 is 0 Å². The Labute approximate surface area is 125 Å². The van der Waals surface area contributed by atoms with E-state index in [1.807, 2.05) is 6.07 Å². The van der Waals surface area contributed by atoms with Crippen molar-refractivity contribution in [2.75, 3.05) is 0 Å². The Bertz CT molecular complexity index is 876. The van der Waals surface area contributed by atoms with E-state index in [0.717, 1.165) is 0 Å². The highest BCUT2D eigenvalue weighted by molar-refractivity contribution is 5.54. The van der Waals surface area contributed by atoms with Crippen LogP contribution in [0.3, 0.4) is 0 Å². The van der Waals surface area contributed by atoms with Crippen molar-refractivity contribution < 1.29 is 13.5 Å². The lowest BCUT2D eigenvalue weighted by Crippen LogP contribution is -2.26. The number of allylic oxidation sites excluding steroid dienone is 1. The first-order chi connectivity index (χ1) is 10.5. The SMILES string of the molecule is Cc1cc2c(c(=O)o1)[C@H](c1ccc(F)cc1)C(C#N)=C(N)O2. The third-order valence-electron chi connectivity index (χ3n) is 3.46. The Morgan fingerprint density at radius 3 is 2.64 bits per heavy atom. The standard InChI is InChI=1S/C16H11FN2O3/c1-8-6-12-14(16(20)21-8)13(11(7-18)15(19)22-12)9-2-4-10(17)5-3-9/h2-6,13H,19H2,1H3/t13-/m1/s1. The molecule has 2 heterocycles. The van der Waals surface area contributed by atoms with Crippen molar-refractivity contribution in [1.82, 2.24) is 0 Å². The summed E-state index contributed by atoms with van der Waals surface area (Å²) in [5, 5.41) is 9.34. The average Bonchev–Trinajstić information content (AvgIpc) is 2.46. The Kier molecular flexibility index (Phi) is 3.18. The number of benzene rings is 1. The van der Waals surface area contributed by atoms with E-state index in [4.69, 9.17) is 14.9 Å². The van der Waals surface area contributed by atoms with Crippen molar-refractivity contribution in [3.05, 3.63) is 74.9 Å². The number of hydrogen-bond donors (Lipinski definition) is 1. The molecule has 5 nitrogen and oxygen atoms in total. The number of nitrogens with two attached hydrogens (primary N) is 1. The van der Waals surface area contributed by atoms with Gasteiger partial charge in [0.1, 0.15) is 29.0 Å². The van der Waals surface area contributed by atoms with Gasteiger partial charge in [-0.3, -0.25) is 0 Å². The van der Waals surface area contributed by atoms with Crippen LogP contribution in [-0.4, -0.2) is 0 Å². The fourth-order valence-corrected chi connectivity index (χ4v) is 2.51. The van der Waals surface area contributed by atoms with Gasteiger partial charge in [-0.1, -0.05) is 12.1 Å². The summed E-state index contributed by atoms with van der Waals surface area (Å²) in [5.74, 6) is -0.614. The van der Waals surface area contributed by atoms with Crippen LogP contribution in [0.15, 0.2) is 51.0 Å². The number of aryl methyl sites for hydroxylation is 1. The molecule has 0 saturated carbocycles. The minimum Gasteiger partial charge on any atom is -0.440 e. The van der Waals surface area contributed by atoms with Gasteiger partial charge in [0, 0.05) is 6.07 Å². The topological polar surface area (TPSA) is 89.2 Å². The smallest absolute Gasteiger partial charge is 0.343 e. The van der Waals surface area contributed by atoms with Crippen molar-refractivity contribution in [3.63, 3.8) is 0 Å². The second-order valence-electron chi connectivity index (χ2n) is 4.90. The zero-order valence-corrected chi connectivity index (χ0v) is 11.6. The number of nitriles is 1. The molecule has 2 aromatic rings. The zero-order valence-electron chi connectivity index (χ0n) is 11.6. The van der Waals surface area contributed by atoms with Crippen LogP contribution in [0.25, 0.3) is 0 Å². The van der Waals surface area contributed by atoms with Crippen LogP contribution in [0.5, 0.6) is 5.75 Å². The number of hydrogen-bond acceptors (Lipinski definition) is 5. The predicted octanol–water partition coefficient (Wildman–Crippen LogP) is 2.31. The van der Waals surface area contributed by atoms with Crippen LogP contribution >= 0.6 is 0 Å². The summed E-state index contributed by atoms with van der Waals surface area (Å²) in [7, 11) is 0. The average molecular weight is 298 g/mol. The van der Waals surface area contributed by atoms with Crippen LogP contribution in [0.2, 0.25) is 0 Å². The van der Waals surface area contributed by atoms with E-state index in [-0.39, 0.29) is 22.8 Å². The van der Waals surface area contributed by atoms with E-state index in [0.29, 0.717) is 11.3 Å². The molecule has 0 bridgehead atoms. The van der Waals surface area contributed by atoms with Gasteiger partial charge in [0.25, 0.3) is 0 Å². The van der Waals surface area contributed by atoms with Gasteiger partial charge >= 0.3 is 5.63 Å². The normalized spacial score (nSPS) is 16.7. The van der Waals surface area contributed by atoms with E-state index in [1.54, 1.807) is 6.92 Å². The van der Waals surface area contributed by atoms with E-state index < -0.39 is 17.4 Å². The van der Waals surface area contributed by atoms with Crippen LogP contribution < -0.4 is 16.1 Å². The molecule has 0 amide bonds. The van der Waals surface area contributed by atoms with Gasteiger partial charge in [-0.15, -0.1) is 0 Å². The first kappa shape index (κ1) is 13.9. The summed E-state index contributed by atoms with van der Waals surface area (Å²) in [6.45, 7) is 1.61. The summed E-state index contributed by atoms with van der Waals surface area (Å²) in [6, 6.07) is 9.00. The maximum atomic E-state index is 13.1. The Morgan fingerprint density at radius 1 is 1.32 bits per heavy atom. The zero-order chi connectivity index (χ0) is 15.9. The molecule has 2 N–H and O–H groups in total. The molecule has 0 spiro atoms. The van der Waals surface area contributed by atoms with Crippen molar-refractivity contribution in [2.24, 2.45) is 5.73 Å². The van der Waals surface area contributed by atoms with Crippen molar-refractivity contribution in [3.8, 4) is 11.8 Å². The summed E-state index contributed by atoms with van der Waals surface area (Å²) >= 11 is 0. The lowest BCUT2D eigenvalue weighted by Gasteiger charge is -2.25. The molecule has 1 aromatic heterocycles. The van der Waals surface area contributed by atoms with Crippen molar-refractivity contribution in [2.45, 2.75) is 12.8 Å². The molecule has 1 aliphatic heterocycles. The fourth-order valence-electron chi connectivity index (χ4n) is 2.51. The van der Waals surface area contributed by atoms with Crippen molar-refractivity contribution in [1.29, 1.82) is 5.26 Å². The monoisotopic (exact) mass is 298 g/mol. The predicted molar refractivity (Wildman–Crippen MR) is 75.4 cm³/mol. The third-order valence-corrected chi connectivity index (χ3v) is 3.46. The van der Waals surface area contributed by atoms with E-state index in [2.05, 4.69) is 0 Å². The third kappa shape index (κ3) is 2.13. The number of halogens is 1. The lowest BCUT2D eigenvalue weighted by molar-refractivity contribution is 0.371. The molecule has 1 atom stereocenters. The minimum absolute atomic E-state index is 0.0747. The molecular formula is C16H11FN2O3. The molecule has 110 valence electrons. The molecule has 1 aromatic carbocycles. The molecule has 0 aliphatic carbocycles. The Balaban J connectivity index is 2.29. The number of ether oxygens (including phenoxy) is 1. The highest BCUT2D eigenvalue weighted by Crippen LogP contribution is 2.40. The largest absolute Gasteiger partial charge is 0.440 e. The molecule has 22 heavy (non-hydrogen) atoms. The quantitative estimate of drug-likeness (QED) is 0.872. The van der Waals surface area contributed by atoms with Gasteiger partial charge in [-0.2, -0.15) is 5.26 Å². The maximum Gasteiger partial charge on any atom is 0.343 e. The maximum absolute atomic E-state index is 13.1. The van der Waals surface area contributed by atoms with E-state index in [1.165, 1.54) is 30.3 Å². The van der Waals surface area contributed by atoms with Crippen LogP contribution in [0.1, 0.15) is 22.8 Å². The van der Waals surface area contributed by atoms with E-state index in [9.17, 15) is 14.4 Å². The van der Waals surface area contributed by atoms with Crippen LogP contribution in [-0.2, 0) is 0 Å². The second kappa shape index (κ2) is 5.04.